The third-order valence-corrected chi connectivity index (χ3v) is 3.26. The van der Waals surface area contributed by atoms with Gasteiger partial charge in [-0.2, -0.15) is 0 Å². The number of nitrogens with one attached hydrogen (secondary N) is 1. The van der Waals surface area contributed by atoms with Crippen LogP contribution in [0.25, 0.3) is 6.08 Å². The summed E-state index contributed by atoms with van der Waals surface area (Å²) in [6.07, 6.45) is 1.48. The predicted octanol–water partition coefficient (Wildman–Crippen LogP) is 2.82. The van der Waals surface area contributed by atoms with Gasteiger partial charge < -0.3 is 9.73 Å². The van der Waals surface area contributed by atoms with Gasteiger partial charge in [0.1, 0.15) is 23.0 Å². The van der Waals surface area contributed by atoms with Crippen molar-refractivity contribution in [1.82, 2.24) is 10.2 Å². The Labute approximate surface area is 126 Å². The maximum absolute atomic E-state index is 12.9. The largest absolute Gasteiger partial charge is 0.462 e. The Morgan fingerprint density at radius 3 is 2.55 bits per heavy atom. The maximum atomic E-state index is 12.9. The van der Waals surface area contributed by atoms with E-state index in [0.29, 0.717) is 17.1 Å². The maximum Gasteiger partial charge on any atom is 0.329 e. The Balaban J connectivity index is 1.79. The third-order valence-electron chi connectivity index (χ3n) is 3.26. The van der Waals surface area contributed by atoms with Crippen LogP contribution in [0.3, 0.4) is 0 Å². The number of carbonyl (C=O) groups excluding carboxylic acids is 2. The number of nitrogens with zero attached hydrogens (tertiary/aromatic N) is 1. The summed E-state index contributed by atoms with van der Waals surface area (Å²) < 4.78 is 18.2. The van der Waals surface area contributed by atoms with Crippen LogP contribution < -0.4 is 5.32 Å². The first-order valence-corrected chi connectivity index (χ1v) is 6.68. The summed E-state index contributed by atoms with van der Waals surface area (Å²) in [6, 6.07) is 8.62. The highest BCUT2D eigenvalue weighted by Crippen LogP contribution is 2.18. The van der Waals surface area contributed by atoms with Gasteiger partial charge in [0.05, 0.1) is 6.54 Å². The smallest absolute Gasteiger partial charge is 0.329 e. The third kappa shape index (κ3) is 2.76. The molecule has 6 heteroatoms. The van der Waals surface area contributed by atoms with E-state index in [2.05, 4.69) is 5.32 Å². The van der Waals surface area contributed by atoms with E-state index in [0.717, 1.165) is 4.90 Å². The number of benzene rings is 1. The average molecular weight is 300 g/mol. The summed E-state index contributed by atoms with van der Waals surface area (Å²) in [6.45, 7) is 1.87. The van der Waals surface area contributed by atoms with E-state index in [1.807, 2.05) is 0 Å². The van der Waals surface area contributed by atoms with E-state index >= 15 is 0 Å². The lowest BCUT2D eigenvalue weighted by Crippen LogP contribution is -2.30. The molecule has 0 bridgehead atoms. The van der Waals surface area contributed by atoms with Gasteiger partial charge >= 0.3 is 6.03 Å². The number of urea groups is 1. The molecule has 0 unspecified atom stereocenters. The first-order valence-electron chi connectivity index (χ1n) is 6.68. The van der Waals surface area contributed by atoms with Gasteiger partial charge in [-0.05, 0) is 36.8 Å². The lowest BCUT2D eigenvalue weighted by atomic mass is 10.2. The van der Waals surface area contributed by atoms with Gasteiger partial charge in [-0.15, -0.1) is 0 Å². The summed E-state index contributed by atoms with van der Waals surface area (Å²) in [7, 11) is 0. The SMILES string of the molecule is Cc1ccc(/C=C2\NC(=O)N(Cc3ccc(F)cc3)C2=O)o1. The number of amides is 3. The summed E-state index contributed by atoms with van der Waals surface area (Å²) in [5.74, 6) is 0.398. The molecule has 5 nitrogen and oxygen atoms in total. The minimum absolute atomic E-state index is 0.0828. The van der Waals surface area contributed by atoms with Crippen molar-refractivity contribution in [1.29, 1.82) is 0 Å². The van der Waals surface area contributed by atoms with Gasteiger partial charge in [0.25, 0.3) is 5.91 Å². The van der Waals surface area contributed by atoms with Crippen LogP contribution in [-0.4, -0.2) is 16.8 Å². The van der Waals surface area contributed by atoms with E-state index in [1.54, 1.807) is 19.1 Å². The highest BCUT2D eigenvalue weighted by Gasteiger charge is 2.33. The summed E-state index contributed by atoms with van der Waals surface area (Å²) >= 11 is 0. The molecule has 3 amide bonds. The van der Waals surface area contributed by atoms with Gasteiger partial charge in [-0.3, -0.25) is 9.69 Å². The molecule has 22 heavy (non-hydrogen) atoms. The quantitative estimate of drug-likeness (QED) is 0.700. The summed E-state index contributed by atoms with van der Waals surface area (Å²) in [5.41, 5.74) is 0.821. The molecule has 1 fully saturated rings. The molecule has 112 valence electrons. The highest BCUT2D eigenvalue weighted by molar-refractivity contribution is 6.13. The van der Waals surface area contributed by atoms with Crippen LogP contribution in [0.5, 0.6) is 0 Å². The van der Waals surface area contributed by atoms with Crippen molar-refractivity contribution in [2.24, 2.45) is 0 Å². The Morgan fingerprint density at radius 2 is 1.91 bits per heavy atom. The second kappa shape index (κ2) is 5.48. The number of hydrogen-bond donors (Lipinski definition) is 1. The molecule has 2 heterocycles. The van der Waals surface area contributed by atoms with Crippen LogP contribution in [0.15, 0.2) is 46.5 Å². The Bertz CT molecular complexity index is 762. The Morgan fingerprint density at radius 1 is 1.18 bits per heavy atom. The number of halogens is 1. The molecule has 3 rings (SSSR count). The molecule has 2 aromatic rings. The highest BCUT2D eigenvalue weighted by atomic mass is 19.1. The summed E-state index contributed by atoms with van der Waals surface area (Å²) in [5, 5.41) is 2.51. The number of furan rings is 1. The van der Waals surface area contributed by atoms with Crippen molar-refractivity contribution in [3.63, 3.8) is 0 Å². The molecule has 0 atom stereocenters. The second-order valence-corrected chi connectivity index (χ2v) is 4.95. The van der Waals surface area contributed by atoms with Gasteiger partial charge in [0, 0.05) is 6.08 Å². The van der Waals surface area contributed by atoms with Crippen LogP contribution >= 0.6 is 0 Å². The number of aryl methyl sites for hydroxylation is 1. The molecule has 1 aromatic carbocycles. The Kier molecular flexibility index (Phi) is 3.50. The van der Waals surface area contributed by atoms with E-state index in [9.17, 15) is 14.0 Å². The fourth-order valence-corrected chi connectivity index (χ4v) is 2.16. The van der Waals surface area contributed by atoms with E-state index in [1.165, 1.54) is 30.3 Å². The zero-order chi connectivity index (χ0) is 15.7. The normalized spacial score (nSPS) is 16.5. The van der Waals surface area contributed by atoms with Crippen molar-refractivity contribution >= 4 is 18.0 Å². The van der Waals surface area contributed by atoms with Crippen LogP contribution in [0.4, 0.5) is 9.18 Å². The molecular formula is C16H13FN2O3. The van der Waals surface area contributed by atoms with Gasteiger partial charge in [-0.1, -0.05) is 12.1 Å². The molecule has 1 N–H and O–H groups in total. The molecular weight excluding hydrogens is 287 g/mol. The first kappa shape index (κ1) is 14.1. The van der Waals surface area contributed by atoms with Crippen molar-refractivity contribution < 1.29 is 18.4 Å². The topological polar surface area (TPSA) is 62.6 Å². The fraction of sp³-hybridized carbons (Fsp3) is 0.125. The van der Waals surface area contributed by atoms with Gasteiger partial charge in [-0.25, -0.2) is 9.18 Å². The van der Waals surface area contributed by atoms with Crippen LogP contribution in [0.1, 0.15) is 17.1 Å². The second-order valence-electron chi connectivity index (χ2n) is 4.95. The van der Waals surface area contributed by atoms with Crippen molar-refractivity contribution in [3.8, 4) is 0 Å². The number of imide groups is 1. The van der Waals surface area contributed by atoms with E-state index < -0.39 is 11.9 Å². The van der Waals surface area contributed by atoms with Crippen molar-refractivity contribution in [3.05, 3.63) is 65.0 Å². The van der Waals surface area contributed by atoms with Crippen LogP contribution in [0.2, 0.25) is 0 Å². The molecule has 0 saturated carbocycles. The molecule has 1 aliphatic rings. The van der Waals surface area contributed by atoms with Crippen molar-refractivity contribution in [2.45, 2.75) is 13.5 Å². The fourth-order valence-electron chi connectivity index (χ4n) is 2.16. The lowest BCUT2D eigenvalue weighted by Gasteiger charge is -2.11. The number of rotatable bonds is 3. The number of hydrogen-bond acceptors (Lipinski definition) is 3. The minimum atomic E-state index is -0.510. The molecule has 1 aromatic heterocycles. The average Bonchev–Trinajstić information content (AvgIpc) is 3.00. The molecule has 0 aliphatic carbocycles. The standard InChI is InChI=1S/C16H13FN2O3/c1-10-2-7-13(22-10)8-14-15(20)19(16(21)18-14)9-11-3-5-12(17)6-4-11/h2-8H,9H2,1H3,(H,18,21)/b14-8-. The minimum Gasteiger partial charge on any atom is -0.462 e. The summed E-state index contributed by atoms with van der Waals surface area (Å²) in [4.78, 5) is 25.2. The zero-order valence-corrected chi connectivity index (χ0v) is 11.8. The van der Waals surface area contributed by atoms with Gasteiger partial charge in [0.2, 0.25) is 0 Å². The Hall–Kier alpha value is -2.89. The van der Waals surface area contributed by atoms with Gasteiger partial charge in [0.15, 0.2) is 0 Å². The molecule has 1 saturated heterocycles. The van der Waals surface area contributed by atoms with Crippen molar-refractivity contribution in [2.75, 3.05) is 0 Å². The number of carbonyl (C=O) groups is 2. The molecule has 1 aliphatic heterocycles. The van der Waals surface area contributed by atoms with Crippen LogP contribution in [0, 0.1) is 12.7 Å². The predicted molar refractivity (Wildman–Crippen MR) is 76.9 cm³/mol. The first-order chi connectivity index (χ1) is 10.5. The molecule has 0 radical (unpaired) electrons. The molecule has 0 spiro atoms. The van der Waals surface area contributed by atoms with E-state index in [-0.39, 0.29) is 18.1 Å². The van der Waals surface area contributed by atoms with Crippen LogP contribution in [-0.2, 0) is 11.3 Å². The lowest BCUT2D eigenvalue weighted by molar-refractivity contribution is -0.123. The van der Waals surface area contributed by atoms with E-state index in [4.69, 9.17) is 4.42 Å². The zero-order valence-electron chi connectivity index (χ0n) is 11.8. The monoisotopic (exact) mass is 300 g/mol.